The lowest BCUT2D eigenvalue weighted by Crippen LogP contribution is -2.18. The first-order valence-electron chi connectivity index (χ1n) is 9.00. The highest BCUT2D eigenvalue weighted by atomic mass is 32.1. The molecule has 1 aliphatic rings. The summed E-state index contributed by atoms with van der Waals surface area (Å²) >= 11 is 1.47. The Bertz CT molecular complexity index is 988. The highest BCUT2D eigenvalue weighted by Gasteiger charge is 2.26. The van der Waals surface area contributed by atoms with Gasteiger partial charge in [-0.1, -0.05) is 30.3 Å². The molecule has 0 saturated heterocycles. The van der Waals surface area contributed by atoms with Gasteiger partial charge in [-0.25, -0.2) is 0 Å². The van der Waals surface area contributed by atoms with Gasteiger partial charge in [0, 0.05) is 23.3 Å². The number of hydrogen-bond donors (Lipinski definition) is 2. The molecule has 1 aliphatic carbocycles. The number of anilines is 1. The van der Waals surface area contributed by atoms with Crippen LogP contribution >= 0.6 is 11.3 Å². The fourth-order valence-electron chi connectivity index (χ4n) is 3.45. The van der Waals surface area contributed by atoms with Crippen LogP contribution in [-0.2, 0) is 24.1 Å². The van der Waals surface area contributed by atoms with E-state index in [0.29, 0.717) is 17.0 Å². The molecule has 3 aromatic rings. The quantitative estimate of drug-likeness (QED) is 0.673. The third-order valence-corrected chi connectivity index (χ3v) is 5.95. The smallest absolute Gasteiger partial charge is 0.251 e. The third kappa shape index (κ3) is 3.66. The number of amides is 2. The molecule has 0 aliphatic heterocycles. The summed E-state index contributed by atoms with van der Waals surface area (Å²) in [7, 11) is 0. The minimum absolute atomic E-state index is 0.143. The van der Waals surface area contributed by atoms with Crippen LogP contribution in [0.2, 0.25) is 0 Å². The monoisotopic (exact) mass is 380 g/mol. The first-order valence-corrected chi connectivity index (χ1v) is 9.82. The highest BCUT2D eigenvalue weighted by Crippen LogP contribution is 2.38. The zero-order valence-electron chi connectivity index (χ0n) is 14.8. The van der Waals surface area contributed by atoms with Gasteiger partial charge in [0.25, 0.3) is 5.91 Å². The van der Waals surface area contributed by atoms with E-state index in [9.17, 15) is 9.59 Å². The molecule has 0 spiro atoms. The molecule has 27 heavy (non-hydrogen) atoms. The maximum atomic E-state index is 12.4. The van der Waals surface area contributed by atoms with E-state index in [1.807, 2.05) is 42.5 Å². The van der Waals surface area contributed by atoms with E-state index in [1.165, 1.54) is 11.3 Å². The van der Waals surface area contributed by atoms with Crippen molar-refractivity contribution in [2.75, 3.05) is 5.32 Å². The van der Waals surface area contributed by atoms with Crippen LogP contribution in [0.4, 0.5) is 5.00 Å². The van der Waals surface area contributed by atoms with Gasteiger partial charge in [-0.3, -0.25) is 9.59 Å². The van der Waals surface area contributed by atoms with Crippen molar-refractivity contribution in [1.82, 2.24) is 0 Å². The molecule has 0 fully saturated rings. The van der Waals surface area contributed by atoms with Crippen LogP contribution in [0.1, 0.15) is 39.4 Å². The van der Waals surface area contributed by atoms with Gasteiger partial charge in [-0.2, -0.15) is 0 Å². The third-order valence-electron chi connectivity index (χ3n) is 4.74. The number of fused-ring (bicyclic) bond motifs is 1. The molecule has 3 N–H and O–H groups in total. The van der Waals surface area contributed by atoms with Crippen molar-refractivity contribution in [3.05, 3.63) is 64.2 Å². The molecule has 0 saturated carbocycles. The van der Waals surface area contributed by atoms with Crippen LogP contribution in [0.25, 0.3) is 11.3 Å². The van der Waals surface area contributed by atoms with E-state index in [2.05, 4.69) is 5.32 Å². The maximum absolute atomic E-state index is 12.4. The summed E-state index contributed by atoms with van der Waals surface area (Å²) in [5.41, 5.74) is 8.05. The van der Waals surface area contributed by atoms with Gasteiger partial charge >= 0.3 is 0 Å². The van der Waals surface area contributed by atoms with Crippen LogP contribution in [-0.4, -0.2) is 11.8 Å². The number of carbonyl (C=O) groups excluding carboxylic acids is 2. The second-order valence-electron chi connectivity index (χ2n) is 6.61. The average Bonchev–Trinajstić information content (AvgIpc) is 3.36. The number of hydrogen-bond acceptors (Lipinski definition) is 4. The van der Waals surface area contributed by atoms with E-state index in [-0.39, 0.29) is 12.3 Å². The van der Waals surface area contributed by atoms with Crippen molar-refractivity contribution < 1.29 is 14.0 Å². The molecule has 0 radical (unpaired) electrons. The number of nitrogens with two attached hydrogens (primary N) is 1. The Labute approximate surface area is 161 Å². The van der Waals surface area contributed by atoms with Crippen molar-refractivity contribution in [3.63, 3.8) is 0 Å². The maximum Gasteiger partial charge on any atom is 0.251 e. The first-order chi connectivity index (χ1) is 13.1. The molecule has 138 valence electrons. The number of benzene rings is 1. The molecule has 0 bridgehead atoms. The molecule has 5 nitrogen and oxygen atoms in total. The summed E-state index contributed by atoms with van der Waals surface area (Å²) in [5, 5.41) is 3.45. The van der Waals surface area contributed by atoms with Gasteiger partial charge in [0.1, 0.15) is 16.5 Å². The van der Waals surface area contributed by atoms with Crippen LogP contribution in [0.5, 0.6) is 0 Å². The number of primary amides is 1. The van der Waals surface area contributed by atoms with Gasteiger partial charge < -0.3 is 15.5 Å². The first kappa shape index (κ1) is 17.5. The topological polar surface area (TPSA) is 85.3 Å². The summed E-state index contributed by atoms with van der Waals surface area (Å²) in [4.78, 5) is 25.3. The molecular weight excluding hydrogens is 360 g/mol. The van der Waals surface area contributed by atoms with E-state index < -0.39 is 5.91 Å². The summed E-state index contributed by atoms with van der Waals surface area (Å²) in [6, 6.07) is 13.6. The van der Waals surface area contributed by atoms with Crippen molar-refractivity contribution in [3.8, 4) is 11.3 Å². The molecule has 1 aromatic carbocycles. The largest absolute Gasteiger partial charge is 0.461 e. The second-order valence-corrected chi connectivity index (χ2v) is 7.71. The van der Waals surface area contributed by atoms with Gasteiger partial charge in [0.2, 0.25) is 5.91 Å². The Morgan fingerprint density at radius 3 is 2.70 bits per heavy atom. The lowest BCUT2D eigenvalue weighted by molar-refractivity contribution is -0.116. The highest BCUT2D eigenvalue weighted by molar-refractivity contribution is 7.17. The second kappa shape index (κ2) is 7.40. The Balaban J connectivity index is 1.40. The standard InChI is InChI=1S/C21H20N2O3S/c22-20(25)19-15-7-4-8-17(15)27-21(19)23-18(24)12-10-14-9-11-16(26-14)13-5-2-1-3-6-13/h1-3,5-6,9,11H,4,7-8,10,12H2,(H2,22,25)(H,23,24). The van der Waals surface area contributed by atoms with Gasteiger partial charge in [-0.05, 0) is 37.0 Å². The van der Waals surface area contributed by atoms with Crippen molar-refractivity contribution in [1.29, 1.82) is 0 Å². The van der Waals surface area contributed by atoms with E-state index in [4.69, 9.17) is 10.2 Å². The van der Waals surface area contributed by atoms with Crippen molar-refractivity contribution in [2.45, 2.75) is 32.1 Å². The Morgan fingerprint density at radius 2 is 1.93 bits per heavy atom. The van der Waals surface area contributed by atoms with Crippen molar-refractivity contribution >= 4 is 28.2 Å². The molecule has 2 heterocycles. The molecule has 2 aromatic heterocycles. The summed E-state index contributed by atoms with van der Waals surface area (Å²) in [5.74, 6) is 0.933. The molecule has 0 atom stereocenters. The van der Waals surface area contributed by atoms with Crippen LogP contribution in [0.3, 0.4) is 0 Å². The minimum Gasteiger partial charge on any atom is -0.461 e. The Kier molecular flexibility index (Phi) is 4.81. The Morgan fingerprint density at radius 1 is 1.11 bits per heavy atom. The molecule has 6 heteroatoms. The van der Waals surface area contributed by atoms with Gasteiger partial charge in [-0.15, -0.1) is 11.3 Å². The van der Waals surface area contributed by atoms with E-state index in [0.717, 1.165) is 46.8 Å². The van der Waals surface area contributed by atoms with Crippen LogP contribution in [0, 0.1) is 0 Å². The van der Waals surface area contributed by atoms with Gasteiger partial charge in [0.15, 0.2) is 0 Å². The molecule has 4 rings (SSSR count). The predicted octanol–water partition coefficient (Wildman–Crippen LogP) is 4.17. The number of aryl methyl sites for hydroxylation is 2. The normalized spacial score (nSPS) is 12.7. The summed E-state index contributed by atoms with van der Waals surface area (Å²) in [6.45, 7) is 0. The lowest BCUT2D eigenvalue weighted by Gasteiger charge is -2.05. The number of nitrogens with one attached hydrogen (secondary N) is 1. The number of thiophene rings is 1. The Hall–Kier alpha value is -2.86. The fourth-order valence-corrected chi connectivity index (χ4v) is 4.76. The molecule has 2 amide bonds. The fraction of sp³-hybridized carbons (Fsp3) is 0.238. The summed E-state index contributed by atoms with van der Waals surface area (Å²) in [6.07, 6.45) is 3.62. The number of carbonyl (C=O) groups is 2. The van der Waals surface area contributed by atoms with Crippen LogP contribution in [0.15, 0.2) is 46.9 Å². The predicted molar refractivity (Wildman–Crippen MR) is 106 cm³/mol. The zero-order chi connectivity index (χ0) is 18.8. The number of furan rings is 1. The number of rotatable bonds is 6. The van der Waals surface area contributed by atoms with E-state index >= 15 is 0 Å². The molecular formula is C21H20N2O3S. The van der Waals surface area contributed by atoms with Gasteiger partial charge in [0.05, 0.1) is 5.56 Å². The minimum atomic E-state index is -0.469. The zero-order valence-corrected chi connectivity index (χ0v) is 15.6. The van der Waals surface area contributed by atoms with Crippen LogP contribution < -0.4 is 11.1 Å². The van der Waals surface area contributed by atoms with Crippen molar-refractivity contribution in [2.24, 2.45) is 5.73 Å². The summed E-state index contributed by atoms with van der Waals surface area (Å²) < 4.78 is 5.83. The lowest BCUT2D eigenvalue weighted by atomic mass is 10.1. The SMILES string of the molecule is NC(=O)c1c(NC(=O)CCc2ccc(-c3ccccc3)o2)sc2c1CCC2. The van der Waals surface area contributed by atoms with E-state index in [1.54, 1.807) is 0 Å². The molecule has 0 unspecified atom stereocenters. The average molecular weight is 380 g/mol.